The number of guanidine groups is 1. The van der Waals surface area contributed by atoms with Crippen molar-refractivity contribution in [3.63, 3.8) is 0 Å². The summed E-state index contributed by atoms with van der Waals surface area (Å²) in [5.41, 5.74) is 6.38. The van der Waals surface area contributed by atoms with Crippen molar-refractivity contribution in [3.05, 3.63) is 33.0 Å². The Balaban J connectivity index is 1.93. The van der Waals surface area contributed by atoms with Gasteiger partial charge in [-0.05, 0) is 20.8 Å². The molecule has 0 fully saturated rings. The van der Waals surface area contributed by atoms with Gasteiger partial charge in [-0.2, -0.15) is 5.10 Å². The summed E-state index contributed by atoms with van der Waals surface area (Å²) in [6, 6.07) is 0. The first kappa shape index (κ1) is 15.5. The SMILES string of the molecule is CN=C(NCc1scnc1C)NCc1c(C)nn(C)c1C. The van der Waals surface area contributed by atoms with E-state index in [0.29, 0.717) is 6.54 Å². The minimum atomic E-state index is 0.715. The molecule has 114 valence electrons. The molecule has 2 N–H and O–H groups in total. The van der Waals surface area contributed by atoms with Crippen LogP contribution in [0.3, 0.4) is 0 Å². The van der Waals surface area contributed by atoms with Gasteiger partial charge in [-0.25, -0.2) is 4.98 Å². The van der Waals surface area contributed by atoms with Crippen LogP contribution in [0.1, 0.15) is 27.5 Å². The topological polar surface area (TPSA) is 67.1 Å². The highest BCUT2D eigenvalue weighted by molar-refractivity contribution is 7.09. The largest absolute Gasteiger partial charge is 0.352 e. The summed E-state index contributed by atoms with van der Waals surface area (Å²) in [4.78, 5) is 9.73. The second kappa shape index (κ2) is 6.71. The molecule has 0 aliphatic heterocycles. The number of aryl methyl sites for hydroxylation is 3. The fourth-order valence-electron chi connectivity index (χ4n) is 2.13. The highest BCUT2D eigenvalue weighted by atomic mass is 32.1. The molecule has 0 radical (unpaired) electrons. The normalized spacial score (nSPS) is 11.8. The van der Waals surface area contributed by atoms with Gasteiger partial charge in [-0.3, -0.25) is 9.67 Å². The second-order valence-corrected chi connectivity index (χ2v) is 5.85. The Morgan fingerprint density at radius 2 is 1.95 bits per heavy atom. The van der Waals surface area contributed by atoms with Crippen molar-refractivity contribution in [1.29, 1.82) is 0 Å². The fraction of sp³-hybridized carbons (Fsp3) is 0.500. The minimum absolute atomic E-state index is 0.715. The molecule has 0 aliphatic rings. The van der Waals surface area contributed by atoms with E-state index >= 15 is 0 Å². The van der Waals surface area contributed by atoms with Gasteiger partial charge in [0.25, 0.3) is 0 Å². The summed E-state index contributed by atoms with van der Waals surface area (Å²) in [7, 11) is 3.74. The van der Waals surface area contributed by atoms with Crippen molar-refractivity contribution >= 4 is 17.3 Å². The maximum absolute atomic E-state index is 4.42. The predicted molar refractivity (Wildman–Crippen MR) is 86.6 cm³/mol. The Hall–Kier alpha value is -1.89. The Morgan fingerprint density at radius 1 is 1.24 bits per heavy atom. The third kappa shape index (κ3) is 3.60. The van der Waals surface area contributed by atoms with Crippen LogP contribution >= 0.6 is 11.3 Å². The van der Waals surface area contributed by atoms with Crippen LogP contribution in [-0.2, 0) is 20.1 Å². The molecule has 2 aromatic rings. The molecular formula is C14H22N6S. The third-order valence-electron chi connectivity index (χ3n) is 3.58. The first-order chi connectivity index (χ1) is 10.0. The number of nitrogens with zero attached hydrogens (tertiary/aromatic N) is 4. The lowest BCUT2D eigenvalue weighted by Gasteiger charge is -2.11. The summed E-state index contributed by atoms with van der Waals surface area (Å²) in [5, 5.41) is 11.1. The van der Waals surface area contributed by atoms with Crippen LogP contribution in [-0.4, -0.2) is 27.8 Å². The van der Waals surface area contributed by atoms with Crippen molar-refractivity contribution in [2.45, 2.75) is 33.9 Å². The van der Waals surface area contributed by atoms with Crippen molar-refractivity contribution < 1.29 is 0 Å². The van der Waals surface area contributed by atoms with Crippen LogP contribution < -0.4 is 10.6 Å². The lowest BCUT2D eigenvalue weighted by molar-refractivity contribution is 0.728. The molecule has 2 rings (SSSR count). The fourth-order valence-corrected chi connectivity index (χ4v) is 2.84. The van der Waals surface area contributed by atoms with Gasteiger partial charge in [0.2, 0.25) is 0 Å². The highest BCUT2D eigenvalue weighted by Crippen LogP contribution is 2.12. The number of rotatable bonds is 4. The van der Waals surface area contributed by atoms with Crippen LogP contribution in [0.2, 0.25) is 0 Å². The molecule has 0 saturated carbocycles. The van der Waals surface area contributed by atoms with E-state index in [1.807, 2.05) is 31.1 Å². The highest BCUT2D eigenvalue weighted by Gasteiger charge is 2.10. The number of hydrogen-bond donors (Lipinski definition) is 2. The molecule has 0 spiro atoms. The van der Waals surface area contributed by atoms with E-state index in [0.717, 1.165) is 23.9 Å². The summed E-state index contributed by atoms with van der Waals surface area (Å²) in [5.74, 6) is 0.783. The Morgan fingerprint density at radius 3 is 2.48 bits per heavy atom. The van der Waals surface area contributed by atoms with E-state index in [-0.39, 0.29) is 0 Å². The monoisotopic (exact) mass is 306 g/mol. The van der Waals surface area contributed by atoms with E-state index in [1.54, 1.807) is 18.4 Å². The molecular weight excluding hydrogens is 284 g/mol. The quantitative estimate of drug-likeness (QED) is 0.666. The van der Waals surface area contributed by atoms with Gasteiger partial charge in [-0.15, -0.1) is 11.3 Å². The number of aromatic nitrogens is 3. The molecule has 0 aliphatic carbocycles. The van der Waals surface area contributed by atoms with Crippen LogP contribution in [0, 0.1) is 20.8 Å². The number of thiazole rings is 1. The zero-order valence-corrected chi connectivity index (χ0v) is 14.0. The molecule has 0 saturated heterocycles. The smallest absolute Gasteiger partial charge is 0.191 e. The van der Waals surface area contributed by atoms with Gasteiger partial charge in [0, 0.05) is 36.8 Å². The molecule has 0 atom stereocenters. The lowest BCUT2D eigenvalue weighted by atomic mass is 10.2. The van der Waals surface area contributed by atoms with Crippen LogP contribution in [0.15, 0.2) is 10.5 Å². The maximum Gasteiger partial charge on any atom is 0.191 e. The zero-order valence-electron chi connectivity index (χ0n) is 13.2. The third-order valence-corrected chi connectivity index (χ3v) is 4.51. The summed E-state index contributed by atoms with van der Waals surface area (Å²) in [6.45, 7) is 7.58. The van der Waals surface area contributed by atoms with Crippen LogP contribution in [0.5, 0.6) is 0 Å². The van der Waals surface area contributed by atoms with Gasteiger partial charge in [0.15, 0.2) is 5.96 Å². The van der Waals surface area contributed by atoms with Crippen molar-refractivity contribution in [3.8, 4) is 0 Å². The average molecular weight is 306 g/mol. The first-order valence-corrected chi connectivity index (χ1v) is 7.73. The molecule has 6 nitrogen and oxygen atoms in total. The molecule has 0 bridgehead atoms. The van der Waals surface area contributed by atoms with Crippen LogP contribution in [0.4, 0.5) is 0 Å². The summed E-state index contributed by atoms with van der Waals surface area (Å²) >= 11 is 1.65. The van der Waals surface area contributed by atoms with Crippen molar-refractivity contribution in [1.82, 2.24) is 25.4 Å². The molecule has 0 unspecified atom stereocenters. The lowest BCUT2D eigenvalue weighted by Crippen LogP contribution is -2.36. The van der Waals surface area contributed by atoms with E-state index in [1.165, 1.54) is 16.1 Å². The van der Waals surface area contributed by atoms with Gasteiger partial charge < -0.3 is 10.6 Å². The van der Waals surface area contributed by atoms with Gasteiger partial charge in [0.05, 0.1) is 23.4 Å². The van der Waals surface area contributed by atoms with E-state index in [9.17, 15) is 0 Å². The van der Waals surface area contributed by atoms with E-state index in [2.05, 4.69) is 32.6 Å². The number of nitrogens with one attached hydrogen (secondary N) is 2. The zero-order chi connectivity index (χ0) is 15.4. The average Bonchev–Trinajstić information content (AvgIpc) is 2.96. The van der Waals surface area contributed by atoms with Crippen molar-refractivity contribution in [2.24, 2.45) is 12.0 Å². The molecule has 2 aromatic heterocycles. The minimum Gasteiger partial charge on any atom is -0.352 e. The Bertz CT molecular complexity index is 640. The number of hydrogen-bond acceptors (Lipinski definition) is 4. The molecule has 0 aromatic carbocycles. The standard InChI is InChI=1S/C14H22N6S/c1-9-12(11(3)20(5)19-9)6-16-14(15-4)17-7-13-10(2)18-8-21-13/h8H,6-7H2,1-5H3,(H2,15,16,17). The summed E-state index contributed by atoms with van der Waals surface area (Å²) in [6.07, 6.45) is 0. The molecule has 21 heavy (non-hydrogen) atoms. The van der Waals surface area contributed by atoms with Gasteiger partial charge in [0.1, 0.15) is 0 Å². The van der Waals surface area contributed by atoms with Gasteiger partial charge in [-0.1, -0.05) is 0 Å². The van der Waals surface area contributed by atoms with Crippen LogP contribution in [0.25, 0.3) is 0 Å². The predicted octanol–water partition coefficient (Wildman–Crippen LogP) is 1.67. The van der Waals surface area contributed by atoms with E-state index < -0.39 is 0 Å². The second-order valence-electron chi connectivity index (χ2n) is 4.91. The Kier molecular flexibility index (Phi) is 4.95. The molecule has 0 amide bonds. The van der Waals surface area contributed by atoms with E-state index in [4.69, 9.17) is 0 Å². The Labute approximate surface area is 129 Å². The summed E-state index contributed by atoms with van der Waals surface area (Å²) < 4.78 is 1.91. The maximum atomic E-state index is 4.42. The number of aliphatic imine (C=N–C) groups is 1. The van der Waals surface area contributed by atoms with Gasteiger partial charge >= 0.3 is 0 Å². The van der Waals surface area contributed by atoms with Crippen molar-refractivity contribution in [2.75, 3.05) is 7.05 Å². The molecule has 2 heterocycles. The molecule has 7 heteroatoms. The first-order valence-electron chi connectivity index (χ1n) is 6.85.